The van der Waals surface area contributed by atoms with Crippen molar-refractivity contribution < 1.29 is 38.2 Å². The van der Waals surface area contributed by atoms with Crippen molar-refractivity contribution >= 4 is 17.9 Å². The number of allylic oxidation sites excluding steroid dienone is 18. The second kappa shape index (κ2) is 44.6. The first-order valence-electron chi connectivity index (χ1n) is 24.4. The van der Waals surface area contributed by atoms with Gasteiger partial charge in [-0.3, -0.25) is 9.59 Å². The second-order valence-corrected chi connectivity index (χ2v) is 16.9. The average molecular weight is 876 g/mol. The molecule has 0 bridgehead atoms. The van der Waals surface area contributed by atoms with Gasteiger partial charge in [-0.05, 0) is 89.9 Å². The van der Waals surface area contributed by atoms with Crippen LogP contribution in [0, 0.1) is 0 Å². The third-order valence-electron chi connectivity index (χ3n) is 10.2. The molecule has 0 amide bonds. The number of hydrogen-bond donors (Lipinski definition) is 0. The van der Waals surface area contributed by atoms with E-state index in [1.165, 1.54) is 38.5 Å². The van der Waals surface area contributed by atoms with Gasteiger partial charge in [0.05, 0.1) is 40.3 Å². The fourth-order valence-corrected chi connectivity index (χ4v) is 6.45. The molecule has 8 heteroatoms. The average Bonchev–Trinajstić information content (AvgIpc) is 3.24. The third kappa shape index (κ3) is 43.0. The van der Waals surface area contributed by atoms with Crippen LogP contribution >= 0.6 is 0 Å². The van der Waals surface area contributed by atoms with E-state index in [0.717, 1.165) is 89.9 Å². The number of carboxylic acid groups (broad SMARTS) is 1. The SMILES string of the molecule is CC/C=C/C/C=C/C/C=C/C/C=C/C/C=C/CCCC(=O)OC(COCCC(C(=O)[O-])[N+](C)(C)C)COC(=O)CCCCCCCCCCC/C=C/C/C=C/C/C=C/C/C=C/CC. The van der Waals surface area contributed by atoms with E-state index in [-0.39, 0.29) is 49.1 Å². The molecule has 0 radical (unpaired) electrons. The first-order chi connectivity index (χ1) is 30.6. The molecular weight excluding hydrogens is 787 g/mol. The summed E-state index contributed by atoms with van der Waals surface area (Å²) in [5, 5.41) is 11.7. The zero-order valence-corrected chi connectivity index (χ0v) is 40.4. The van der Waals surface area contributed by atoms with E-state index < -0.39 is 18.1 Å². The summed E-state index contributed by atoms with van der Waals surface area (Å²) in [6, 6.07) is -0.744. The topological polar surface area (TPSA) is 102 Å². The van der Waals surface area contributed by atoms with Gasteiger partial charge in [-0.1, -0.05) is 168 Å². The maximum Gasteiger partial charge on any atom is 0.306 e. The van der Waals surface area contributed by atoms with Gasteiger partial charge >= 0.3 is 11.9 Å². The van der Waals surface area contributed by atoms with Crippen LogP contribution in [0.3, 0.4) is 0 Å². The predicted octanol–water partition coefficient (Wildman–Crippen LogP) is 12.7. The zero-order chi connectivity index (χ0) is 46.3. The number of likely N-dealkylation sites (N-methyl/N-ethyl adjacent to an activating group) is 1. The van der Waals surface area contributed by atoms with Gasteiger partial charge < -0.3 is 28.6 Å². The summed E-state index contributed by atoms with van der Waals surface area (Å²) >= 11 is 0. The Morgan fingerprint density at radius 1 is 0.476 bits per heavy atom. The van der Waals surface area contributed by atoms with Crippen LogP contribution in [0.2, 0.25) is 0 Å². The lowest BCUT2D eigenvalue weighted by molar-refractivity contribution is -0.889. The summed E-state index contributed by atoms with van der Waals surface area (Å²) in [4.78, 5) is 37.0. The van der Waals surface area contributed by atoms with Gasteiger partial charge in [-0.25, -0.2) is 0 Å². The lowest BCUT2D eigenvalue weighted by atomic mass is 10.1. The molecule has 0 N–H and O–H groups in total. The largest absolute Gasteiger partial charge is 0.544 e. The number of hydrogen-bond acceptors (Lipinski definition) is 7. The van der Waals surface area contributed by atoms with Crippen molar-refractivity contribution in [1.29, 1.82) is 0 Å². The summed E-state index contributed by atoms with van der Waals surface area (Å²) in [5.41, 5.74) is 0. The standard InChI is InChI=1S/C55H89NO7/c1-6-8-10-12-14-16-18-20-22-24-25-26-27-28-30-31-33-35-37-39-41-43-45-53(57)62-50-51(49-61-48-47-52(55(59)60)56(3,4)5)63-54(58)46-44-42-40-38-36-34-32-29-23-21-19-17-15-13-11-9-7-2/h8-11,14-17,20-23,25-26,32,34,38,40,51-52H,6-7,12-13,18-19,24,27-31,33,35-37,39,41-50H2,1-5H3/b10-8+,11-9+,16-14+,17-15+,22-20+,23-21+,26-25+,34-32+,40-38+. The molecule has 0 aromatic rings. The number of carbonyl (C=O) groups excluding carboxylic acids is 3. The Labute approximate surface area is 385 Å². The monoisotopic (exact) mass is 876 g/mol. The van der Waals surface area contributed by atoms with Gasteiger partial charge in [0.25, 0.3) is 0 Å². The molecule has 0 aliphatic rings. The molecular formula is C55H89NO7. The van der Waals surface area contributed by atoms with E-state index in [0.29, 0.717) is 12.8 Å². The Balaban J connectivity index is 4.37. The minimum absolute atomic E-state index is 0.00906. The fraction of sp³-hybridized carbons (Fsp3) is 0.618. The number of ether oxygens (including phenoxy) is 3. The van der Waals surface area contributed by atoms with Gasteiger partial charge in [-0.2, -0.15) is 0 Å². The Morgan fingerprint density at radius 2 is 0.857 bits per heavy atom. The van der Waals surface area contributed by atoms with Crippen LogP contribution in [0.5, 0.6) is 0 Å². The summed E-state index contributed by atoms with van der Waals surface area (Å²) in [6.07, 6.45) is 61.2. The third-order valence-corrected chi connectivity index (χ3v) is 10.2. The lowest BCUT2D eigenvalue weighted by Crippen LogP contribution is -2.55. The predicted molar refractivity (Wildman–Crippen MR) is 263 cm³/mol. The molecule has 0 fully saturated rings. The Morgan fingerprint density at radius 3 is 1.29 bits per heavy atom. The maximum atomic E-state index is 12.7. The highest BCUT2D eigenvalue weighted by atomic mass is 16.6. The Kier molecular flexibility index (Phi) is 41.8. The molecule has 0 heterocycles. The summed E-state index contributed by atoms with van der Waals surface area (Å²) < 4.78 is 17.1. The molecule has 2 atom stereocenters. The number of carboxylic acids is 1. The molecule has 8 nitrogen and oxygen atoms in total. The summed E-state index contributed by atoms with van der Waals surface area (Å²) in [7, 11) is 5.38. The molecule has 0 saturated carbocycles. The number of esters is 2. The van der Waals surface area contributed by atoms with Crippen molar-refractivity contribution in [2.24, 2.45) is 0 Å². The molecule has 0 aliphatic heterocycles. The van der Waals surface area contributed by atoms with Crippen LogP contribution in [0.1, 0.15) is 168 Å². The highest BCUT2D eigenvalue weighted by Gasteiger charge is 2.25. The first-order valence-corrected chi connectivity index (χ1v) is 24.4. The number of carbonyl (C=O) groups is 3. The van der Waals surface area contributed by atoms with E-state index >= 15 is 0 Å². The number of unbranched alkanes of at least 4 members (excludes halogenated alkanes) is 10. The zero-order valence-electron chi connectivity index (χ0n) is 40.4. The van der Waals surface area contributed by atoms with Gasteiger partial charge in [-0.15, -0.1) is 0 Å². The van der Waals surface area contributed by atoms with Crippen LogP contribution in [-0.4, -0.2) is 75.5 Å². The van der Waals surface area contributed by atoms with Crippen molar-refractivity contribution in [2.75, 3.05) is 41.0 Å². The number of nitrogens with zero attached hydrogens (tertiary/aromatic N) is 1. The van der Waals surface area contributed by atoms with Crippen molar-refractivity contribution in [2.45, 2.75) is 180 Å². The van der Waals surface area contributed by atoms with Gasteiger partial charge in [0.1, 0.15) is 12.6 Å². The van der Waals surface area contributed by atoms with Crippen molar-refractivity contribution in [3.05, 3.63) is 109 Å². The summed E-state index contributed by atoms with van der Waals surface area (Å²) in [5.74, 6) is -1.83. The molecule has 0 spiro atoms. The van der Waals surface area contributed by atoms with Crippen molar-refractivity contribution in [3.63, 3.8) is 0 Å². The van der Waals surface area contributed by atoms with Crippen LogP contribution in [0.25, 0.3) is 0 Å². The Hall–Kier alpha value is -4.01. The van der Waals surface area contributed by atoms with E-state index in [1.54, 1.807) is 21.1 Å². The van der Waals surface area contributed by atoms with Crippen LogP contribution < -0.4 is 5.11 Å². The minimum Gasteiger partial charge on any atom is -0.544 e. The molecule has 0 aromatic heterocycles. The van der Waals surface area contributed by atoms with E-state index in [4.69, 9.17) is 14.2 Å². The first kappa shape index (κ1) is 59.0. The molecule has 356 valence electrons. The van der Waals surface area contributed by atoms with Gasteiger partial charge in [0.15, 0.2) is 6.10 Å². The normalized spacial score (nSPS) is 13.9. The fourth-order valence-electron chi connectivity index (χ4n) is 6.45. The quantitative estimate of drug-likeness (QED) is 0.0260. The van der Waals surface area contributed by atoms with E-state index in [1.807, 2.05) is 0 Å². The number of rotatable bonds is 42. The van der Waals surface area contributed by atoms with E-state index in [9.17, 15) is 19.5 Å². The number of aliphatic carboxylic acids is 1. The van der Waals surface area contributed by atoms with Crippen molar-refractivity contribution in [1.82, 2.24) is 0 Å². The van der Waals surface area contributed by atoms with Crippen LogP contribution in [0.15, 0.2) is 109 Å². The highest BCUT2D eigenvalue weighted by Crippen LogP contribution is 2.13. The lowest BCUT2D eigenvalue weighted by Gasteiger charge is -2.34. The maximum absolute atomic E-state index is 12.7. The highest BCUT2D eigenvalue weighted by molar-refractivity contribution is 5.70. The number of quaternary nitrogens is 1. The minimum atomic E-state index is -1.14. The Bertz CT molecular complexity index is 1390. The molecule has 0 rings (SSSR count). The van der Waals surface area contributed by atoms with Gasteiger partial charge in [0.2, 0.25) is 0 Å². The molecule has 0 aromatic carbocycles. The van der Waals surface area contributed by atoms with Crippen LogP contribution in [0.4, 0.5) is 0 Å². The molecule has 63 heavy (non-hydrogen) atoms. The van der Waals surface area contributed by atoms with Gasteiger partial charge in [0, 0.05) is 19.3 Å². The molecule has 0 aliphatic carbocycles. The second-order valence-electron chi connectivity index (χ2n) is 16.9. The molecule has 0 saturated heterocycles. The van der Waals surface area contributed by atoms with Crippen LogP contribution in [-0.2, 0) is 28.6 Å². The van der Waals surface area contributed by atoms with E-state index in [2.05, 4.69) is 123 Å². The van der Waals surface area contributed by atoms with Crippen molar-refractivity contribution in [3.8, 4) is 0 Å². The molecule has 2 unspecified atom stereocenters. The smallest absolute Gasteiger partial charge is 0.306 e. The summed E-state index contributed by atoms with van der Waals surface area (Å²) in [6.45, 7) is 4.35.